The van der Waals surface area contributed by atoms with Crippen LogP contribution in [-0.2, 0) is 65.4 Å². The van der Waals surface area contributed by atoms with Gasteiger partial charge in [0.05, 0.1) is 26.4 Å². The Balaban J connectivity index is 5.36. The summed E-state index contributed by atoms with van der Waals surface area (Å²) >= 11 is 0. The molecule has 0 fully saturated rings. The number of phosphoric ester groups is 2. The van der Waals surface area contributed by atoms with Crippen molar-refractivity contribution in [3.8, 4) is 0 Å². The van der Waals surface area contributed by atoms with E-state index in [0.29, 0.717) is 25.7 Å². The van der Waals surface area contributed by atoms with Crippen molar-refractivity contribution in [2.24, 2.45) is 0 Å². The Morgan fingerprint density at radius 2 is 0.574 bits per heavy atom. The predicted molar refractivity (Wildman–Crippen MR) is 381 cm³/mol. The van der Waals surface area contributed by atoms with Gasteiger partial charge in [0.1, 0.15) is 19.3 Å². The molecule has 0 amide bonds. The Morgan fingerprint density at radius 3 is 0.936 bits per heavy atom. The van der Waals surface area contributed by atoms with E-state index >= 15 is 0 Å². The number of carbonyl (C=O) groups excluding carboxylic acids is 4. The van der Waals surface area contributed by atoms with Crippen LogP contribution in [0.2, 0.25) is 0 Å². The molecule has 0 rings (SSSR count). The number of hydrogen-bond donors (Lipinski definition) is 3. The molecule has 0 spiro atoms. The van der Waals surface area contributed by atoms with Crippen molar-refractivity contribution in [3.63, 3.8) is 0 Å². The second kappa shape index (κ2) is 67.5. The minimum absolute atomic E-state index is 0.0751. The van der Waals surface area contributed by atoms with Crippen LogP contribution in [0.1, 0.15) is 297 Å². The zero-order valence-corrected chi connectivity index (χ0v) is 60.7. The van der Waals surface area contributed by atoms with Gasteiger partial charge in [-0.1, -0.05) is 247 Å². The molecule has 19 heteroatoms. The van der Waals surface area contributed by atoms with E-state index in [4.69, 9.17) is 37.0 Å². The van der Waals surface area contributed by atoms with E-state index in [9.17, 15) is 43.2 Å². The topological polar surface area (TPSA) is 237 Å². The van der Waals surface area contributed by atoms with Crippen LogP contribution in [0.5, 0.6) is 0 Å². The normalized spacial score (nSPS) is 14.6. The highest BCUT2D eigenvalue weighted by Gasteiger charge is 2.30. The average Bonchev–Trinajstić information content (AvgIpc) is 1.35. The fraction of sp³-hybridized carbons (Fsp3) is 0.733. The number of aliphatic hydroxyl groups is 1. The molecule has 17 nitrogen and oxygen atoms in total. The number of rotatable bonds is 68. The predicted octanol–water partition coefficient (Wildman–Crippen LogP) is 20.4. The van der Waals surface area contributed by atoms with Crippen LogP contribution >= 0.6 is 15.6 Å². The molecule has 5 atom stereocenters. The van der Waals surface area contributed by atoms with E-state index in [1.165, 1.54) is 57.8 Å². The van der Waals surface area contributed by atoms with Gasteiger partial charge >= 0.3 is 39.5 Å². The minimum Gasteiger partial charge on any atom is -0.462 e. The standard InChI is InChI=1S/C75H130O17P2/c1-5-9-13-17-21-25-29-32-34-37-40-43-47-51-55-59-72(77)85-65-70(91-74(79)61-57-53-49-45-39-28-24-20-16-12-8-4)67-89-93(81,82)87-63-69(76)64-88-94(83,84)90-68-71(92-75(80)62-58-54-50-46-42-36-31-27-23-19-15-11-7-3)66-86-73(78)60-56-52-48-44-41-38-35-33-30-26-22-18-14-10-6-2/h9,13,15,19,21-22,25-27,31-35,40,43,69-71,76H,5-8,10-12,14,16-18,20,23-24,28-30,36-39,41-42,44-68H2,1-4H3,(H,81,82)(H,83,84)/b13-9-,19-15-,25-21-,26-22-,31-27-,34-32-,35-33-,43-40-. The molecule has 0 aliphatic rings. The number of hydrogen-bond acceptors (Lipinski definition) is 15. The number of allylic oxidation sites excluding steroid dienone is 16. The first kappa shape index (κ1) is 90.0. The number of aliphatic hydroxyl groups excluding tert-OH is 1. The van der Waals surface area contributed by atoms with Gasteiger partial charge in [0.2, 0.25) is 0 Å². The zero-order chi connectivity index (χ0) is 69.0. The second-order valence-corrected chi connectivity index (χ2v) is 27.1. The monoisotopic (exact) mass is 1360 g/mol. The molecule has 94 heavy (non-hydrogen) atoms. The quantitative estimate of drug-likeness (QED) is 0.0169. The summed E-state index contributed by atoms with van der Waals surface area (Å²) in [6, 6.07) is 0. The first-order valence-electron chi connectivity index (χ1n) is 36.5. The van der Waals surface area contributed by atoms with Crippen molar-refractivity contribution in [2.75, 3.05) is 39.6 Å². The number of esters is 4. The first-order valence-corrected chi connectivity index (χ1v) is 39.5. The zero-order valence-electron chi connectivity index (χ0n) is 58.9. The summed E-state index contributed by atoms with van der Waals surface area (Å²) < 4.78 is 68.2. The molecule has 0 saturated heterocycles. The Hall–Kier alpha value is -4.02. The summed E-state index contributed by atoms with van der Waals surface area (Å²) in [6.07, 6.45) is 68.4. The molecule has 0 aromatic rings. The van der Waals surface area contributed by atoms with E-state index in [1.54, 1.807) is 0 Å². The number of phosphoric acid groups is 2. The van der Waals surface area contributed by atoms with Crippen molar-refractivity contribution < 1.29 is 80.2 Å². The summed E-state index contributed by atoms with van der Waals surface area (Å²) in [6.45, 7) is 4.58. The highest BCUT2D eigenvalue weighted by Crippen LogP contribution is 2.45. The van der Waals surface area contributed by atoms with Crippen molar-refractivity contribution in [2.45, 2.75) is 316 Å². The van der Waals surface area contributed by atoms with E-state index in [1.807, 2.05) is 0 Å². The highest BCUT2D eigenvalue weighted by molar-refractivity contribution is 7.47. The number of ether oxygens (including phenoxy) is 4. The van der Waals surface area contributed by atoms with Gasteiger partial charge in [-0.25, -0.2) is 9.13 Å². The van der Waals surface area contributed by atoms with Crippen LogP contribution in [0, 0.1) is 0 Å². The van der Waals surface area contributed by atoms with Crippen LogP contribution in [0.3, 0.4) is 0 Å². The van der Waals surface area contributed by atoms with Gasteiger partial charge in [-0.05, 0) is 122 Å². The molecule has 5 unspecified atom stereocenters. The molecular weight excluding hydrogens is 1230 g/mol. The molecule has 542 valence electrons. The van der Waals surface area contributed by atoms with Gasteiger partial charge < -0.3 is 33.8 Å². The van der Waals surface area contributed by atoms with E-state index < -0.39 is 97.5 Å². The maximum atomic E-state index is 13.0. The average molecular weight is 1370 g/mol. The van der Waals surface area contributed by atoms with Gasteiger partial charge in [0.15, 0.2) is 12.2 Å². The fourth-order valence-corrected chi connectivity index (χ4v) is 11.0. The Kier molecular flexibility index (Phi) is 64.7. The van der Waals surface area contributed by atoms with Gasteiger partial charge in [0.25, 0.3) is 0 Å². The van der Waals surface area contributed by atoms with Crippen molar-refractivity contribution in [3.05, 3.63) is 97.2 Å². The summed E-state index contributed by atoms with van der Waals surface area (Å²) in [5.74, 6) is -2.25. The molecule has 0 heterocycles. The van der Waals surface area contributed by atoms with Crippen LogP contribution in [0.25, 0.3) is 0 Å². The maximum absolute atomic E-state index is 13.0. The lowest BCUT2D eigenvalue weighted by molar-refractivity contribution is -0.161. The Labute approximate surface area is 569 Å². The van der Waals surface area contributed by atoms with Crippen LogP contribution < -0.4 is 0 Å². The summed E-state index contributed by atoms with van der Waals surface area (Å²) in [7, 11) is -9.95. The smallest absolute Gasteiger partial charge is 0.462 e. The lowest BCUT2D eigenvalue weighted by Crippen LogP contribution is -2.30. The minimum atomic E-state index is -4.98. The fourth-order valence-electron chi connectivity index (χ4n) is 9.45. The first-order chi connectivity index (χ1) is 45.7. The molecule has 0 aliphatic carbocycles. The highest BCUT2D eigenvalue weighted by atomic mass is 31.2. The van der Waals surface area contributed by atoms with E-state index in [-0.39, 0.29) is 25.7 Å². The molecular formula is C75H130O17P2. The summed E-state index contributed by atoms with van der Waals surface area (Å²) in [5, 5.41) is 10.6. The molecule has 3 N–H and O–H groups in total. The third kappa shape index (κ3) is 66.6. The SMILES string of the molecule is CC/C=C\C/C=C\C/C=C\C/C=C\CCCCC(=O)OCC(COP(=O)(O)OCC(O)COP(=O)(O)OCC(COC(=O)CCCCCCC/C=C\C/C=C\CCCCC)OC(=O)CCCCCCC/C=C\C/C=C\CCC)OC(=O)CCCCCCCCCCCCC. The Bertz CT molecular complexity index is 2170. The molecule has 0 aromatic carbocycles. The van der Waals surface area contributed by atoms with Crippen molar-refractivity contribution >= 4 is 39.5 Å². The number of carbonyl (C=O) groups is 4. The third-order valence-corrected chi connectivity index (χ3v) is 16.9. The van der Waals surface area contributed by atoms with Crippen molar-refractivity contribution in [1.82, 2.24) is 0 Å². The van der Waals surface area contributed by atoms with Gasteiger partial charge in [-0.3, -0.25) is 37.3 Å². The lowest BCUT2D eigenvalue weighted by Gasteiger charge is -2.21. The third-order valence-electron chi connectivity index (χ3n) is 15.0. The van der Waals surface area contributed by atoms with Crippen molar-refractivity contribution in [1.29, 1.82) is 0 Å². The van der Waals surface area contributed by atoms with Crippen LogP contribution in [0.4, 0.5) is 0 Å². The van der Waals surface area contributed by atoms with Crippen LogP contribution in [0.15, 0.2) is 97.2 Å². The molecule has 0 aromatic heterocycles. The molecule has 0 aliphatic heterocycles. The van der Waals surface area contributed by atoms with E-state index in [2.05, 4.69) is 125 Å². The maximum Gasteiger partial charge on any atom is 0.472 e. The summed E-state index contributed by atoms with van der Waals surface area (Å²) in [5.41, 5.74) is 0. The lowest BCUT2D eigenvalue weighted by atomic mass is 10.1. The molecule has 0 saturated carbocycles. The van der Waals surface area contributed by atoms with Crippen LogP contribution in [-0.4, -0.2) is 96.7 Å². The number of unbranched alkanes of at least 4 members (excludes halogenated alkanes) is 26. The van der Waals surface area contributed by atoms with Gasteiger partial charge in [-0.15, -0.1) is 0 Å². The van der Waals surface area contributed by atoms with Gasteiger partial charge in [-0.2, -0.15) is 0 Å². The molecule has 0 bridgehead atoms. The molecule has 0 radical (unpaired) electrons. The largest absolute Gasteiger partial charge is 0.472 e. The Morgan fingerprint density at radius 1 is 0.309 bits per heavy atom. The second-order valence-electron chi connectivity index (χ2n) is 24.2. The summed E-state index contributed by atoms with van der Waals surface area (Å²) in [4.78, 5) is 72.6. The van der Waals surface area contributed by atoms with E-state index in [0.717, 1.165) is 161 Å². The van der Waals surface area contributed by atoms with Gasteiger partial charge in [0, 0.05) is 25.7 Å².